The summed E-state index contributed by atoms with van der Waals surface area (Å²) in [7, 11) is 0. The van der Waals surface area contributed by atoms with Crippen LogP contribution < -0.4 is 4.90 Å². The molecule has 1 aliphatic rings. The predicted molar refractivity (Wildman–Crippen MR) is 119 cm³/mol. The van der Waals surface area contributed by atoms with Crippen LogP contribution in [0.2, 0.25) is 0 Å². The average Bonchev–Trinajstić information content (AvgIpc) is 3.16. The number of anilines is 2. The van der Waals surface area contributed by atoms with Crippen molar-refractivity contribution in [2.45, 2.75) is 34.2 Å². The standard InChI is InChI=1S/C22H30N4O3S/c1-16(2)14-29-22(28)25-11-9-24(10-12-25)13-19-15-30-21(23-19)26(18(4)27)20-7-5-17(3)6-8-20/h5-8,15-16H,9-14H2,1-4H3. The van der Waals surface area contributed by atoms with Crippen LogP contribution >= 0.6 is 11.3 Å². The molecule has 0 bridgehead atoms. The van der Waals surface area contributed by atoms with Gasteiger partial charge in [0.2, 0.25) is 5.91 Å². The largest absolute Gasteiger partial charge is 0.449 e. The Kier molecular flexibility index (Phi) is 7.44. The van der Waals surface area contributed by atoms with E-state index in [1.54, 1.807) is 16.7 Å². The first kappa shape index (κ1) is 22.2. The van der Waals surface area contributed by atoms with Crippen LogP contribution in [0, 0.1) is 12.8 Å². The number of piperazine rings is 1. The van der Waals surface area contributed by atoms with E-state index in [-0.39, 0.29) is 12.0 Å². The van der Waals surface area contributed by atoms with Crippen molar-refractivity contribution in [1.82, 2.24) is 14.8 Å². The van der Waals surface area contributed by atoms with Gasteiger partial charge in [0, 0.05) is 45.0 Å². The van der Waals surface area contributed by atoms with Crippen molar-refractivity contribution in [1.29, 1.82) is 0 Å². The summed E-state index contributed by atoms with van der Waals surface area (Å²) in [6, 6.07) is 7.86. The lowest BCUT2D eigenvalue weighted by Gasteiger charge is -2.33. The van der Waals surface area contributed by atoms with Crippen molar-refractivity contribution in [2.24, 2.45) is 5.92 Å². The number of amides is 2. The van der Waals surface area contributed by atoms with Crippen molar-refractivity contribution < 1.29 is 14.3 Å². The molecular weight excluding hydrogens is 400 g/mol. The molecule has 0 unspecified atom stereocenters. The highest BCUT2D eigenvalue weighted by Crippen LogP contribution is 2.29. The molecule has 2 amide bonds. The van der Waals surface area contributed by atoms with Crippen molar-refractivity contribution in [2.75, 3.05) is 37.7 Å². The molecule has 2 aromatic rings. The number of carbonyl (C=O) groups is 2. The number of carbonyl (C=O) groups excluding carboxylic acids is 2. The summed E-state index contributed by atoms with van der Waals surface area (Å²) in [6.07, 6.45) is -0.227. The van der Waals surface area contributed by atoms with E-state index in [1.165, 1.54) is 11.3 Å². The van der Waals surface area contributed by atoms with Crippen LogP contribution in [-0.2, 0) is 16.1 Å². The maximum Gasteiger partial charge on any atom is 0.409 e. The molecule has 0 spiro atoms. The summed E-state index contributed by atoms with van der Waals surface area (Å²) in [6.45, 7) is 11.6. The summed E-state index contributed by atoms with van der Waals surface area (Å²) in [5.74, 6) is 0.275. The lowest BCUT2D eigenvalue weighted by molar-refractivity contribution is -0.115. The van der Waals surface area contributed by atoms with E-state index in [0.717, 1.165) is 30.0 Å². The molecule has 0 radical (unpaired) electrons. The highest BCUT2D eigenvalue weighted by atomic mass is 32.1. The molecule has 1 aromatic carbocycles. The fourth-order valence-corrected chi connectivity index (χ4v) is 4.12. The maximum atomic E-state index is 12.3. The van der Waals surface area contributed by atoms with Gasteiger partial charge in [0.25, 0.3) is 0 Å². The van der Waals surface area contributed by atoms with Gasteiger partial charge in [0.05, 0.1) is 18.0 Å². The molecule has 0 atom stereocenters. The lowest BCUT2D eigenvalue weighted by Crippen LogP contribution is -2.48. The van der Waals surface area contributed by atoms with E-state index in [0.29, 0.717) is 37.3 Å². The van der Waals surface area contributed by atoms with Crippen LogP contribution in [0.3, 0.4) is 0 Å². The van der Waals surface area contributed by atoms with Crippen LogP contribution in [0.25, 0.3) is 0 Å². The highest BCUT2D eigenvalue weighted by Gasteiger charge is 2.24. The predicted octanol–water partition coefficient (Wildman–Crippen LogP) is 4.05. The minimum atomic E-state index is -0.227. The van der Waals surface area contributed by atoms with E-state index >= 15 is 0 Å². The molecule has 1 aliphatic heterocycles. The Morgan fingerprint density at radius 3 is 2.43 bits per heavy atom. The highest BCUT2D eigenvalue weighted by molar-refractivity contribution is 7.14. The second-order valence-electron chi connectivity index (χ2n) is 8.05. The number of hydrogen-bond acceptors (Lipinski definition) is 6. The average molecular weight is 431 g/mol. The molecule has 0 N–H and O–H groups in total. The molecule has 0 saturated carbocycles. The number of nitrogens with zero attached hydrogens (tertiary/aromatic N) is 4. The third-order valence-electron chi connectivity index (χ3n) is 4.89. The first-order chi connectivity index (χ1) is 14.3. The Balaban J connectivity index is 1.57. The maximum absolute atomic E-state index is 12.3. The van der Waals surface area contributed by atoms with Crippen LogP contribution in [0.4, 0.5) is 15.6 Å². The van der Waals surface area contributed by atoms with Gasteiger partial charge in [0.15, 0.2) is 5.13 Å². The van der Waals surface area contributed by atoms with Crippen molar-refractivity contribution in [3.8, 4) is 0 Å². The van der Waals surface area contributed by atoms with Crippen molar-refractivity contribution >= 4 is 34.2 Å². The summed E-state index contributed by atoms with van der Waals surface area (Å²) >= 11 is 1.47. The van der Waals surface area contributed by atoms with Crippen molar-refractivity contribution in [3.05, 3.63) is 40.9 Å². The number of ether oxygens (including phenoxy) is 1. The van der Waals surface area contributed by atoms with Gasteiger partial charge < -0.3 is 9.64 Å². The molecule has 2 heterocycles. The second-order valence-corrected chi connectivity index (χ2v) is 8.88. The van der Waals surface area contributed by atoms with E-state index in [4.69, 9.17) is 9.72 Å². The number of aromatic nitrogens is 1. The van der Waals surface area contributed by atoms with Gasteiger partial charge in [-0.1, -0.05) is 31.5 Å². The zero-order valence-corrected chi connectivity index (χ0v) is 18.9. The number of hydrogen-bond donors (Lipinski definition) is 0. The minimum Gasteiger partial charge on any atom is -0.449 e. The number of thiazole rings is 1. The van der Waals surface area contributed by atoms with Gasteiger partial charge >= 0.3 is 6.09 Å². The van der Waals surface area contributed by atoms with Gasteiger partial charge in [-0.2, -0.15) is 0 Å². The Labute approximate surface area is 182 Å². The van der Waals surface area contributed by atoms with Crippen LogP contribution in [-0.4, -0.2) is 59.6 Å². The normalized spacial score (nSPS) is 14.8. The molecule has 7 nitrogen and oxygen atoms in total. The summed E-state index contributed by atoms with van der Waals surface area (Å²) in [5.41, 5.74) is 2.90. The van der Waals surface area contributed by atoms with Crippen LogP contribution in [0.5, 0.6) is 0 Å². The van der Waals surface area contributed by atoms with Gasteiger partial charge in [-0.05, 0) is 25.0 Å². The van der Waals surface area contributed by atoms with E-state index in [1.807, 2.05) is 50.4 Å². The van der Waals surface area contributed by atoms with Gasteiger partial charge in [-0.3, -0.25) is 14.6 Å². The fourth-order valence-electron chi connectivity index (χ4n) is 3.24. The molecular formula is C22H30N4O3S. The molecule has 30 heavy (non-hydrogen) atoms. The zero-order valence-electron chi connectivity index (χ0n) is 18.1. The topological polar surface area (TPSA) is 66.0 Å². The monoisotopic (exact) mass is 430 g/mol. The zero-order chi connectivity index (χ0) is 21.7. The van der Waals surface area contributed by atoms with E-state index < -0.39 is 0 Å². The first-order valence-corrected chi connectivity index (χ1v) is 11.2. The number of aryl methyl sites for hydroxylation is 1. The summed E-state index contributed by atoms with van der Waals surface area (Å²) in [4.78, 5) is 34.8. The van der Waals surface area contributed by atoms with Gasteiger partial charge in [-0.25, -0.2) is 9.78 Å². The molecule has 162 valence electrons. The van der Waals surface area contributed by atoms with Crippen molar-refractivity contribution in [3.63, 3.8) is 0 Å². The summed E-state index contributed by atoms with van der Waals surface area (Å²) in [5, 5.41) is 2.68. The van der Waals surface area contributed by atoms with E-state index in [2.05, 4.69) is 4.90 Å². The Bertz CT molecular complexity index is 858. The fraction of sp³-hybridized carbons (Fsp3) is 0.500. The Morgan fingerprint density at radius 1 is 1.17 bits per heavy atom. The smallest absolute Gasteiger partial charge is 0.409 e. The Morgan fingerprint density at radius 2 is 1.83 bits per heavy atom. The van der Waals surface area contributed by atoms with E-state index in [9.17, 15) is 9.59 Å². The second kappa shape index (κ2) is 10.0. The Hall–Kier alpha value is -2.45. The SMILES string of the molecule is CC(=O)N(c1ccc(C)cc1)c1nc(CN2CCN(C(=O)OCC(C)C)CC2)cs1. The summed E-state index contributed by atoms with van der Waals surface area (Å²) < 4.78 is 5.32. The quantitative estimate of drug-likeness (QED) is 0.692. The molecule has 1 fully saturated rings. The molecule has 8 heteroatoms. The molecule has 3 rings (SSSR count). The van der Waals surface area contributed by atoms with Crippen LogP contribution in [0.15, 0.2) is 29.6 Å². The van der Waals surface area contributed by atoms with Gasteiger partial charge in [-0.15, -0.1) is 11.3 Å². The minimum absolute atomic E-state index is 0.0618. The molecule has 1 saturated heterocycles. The third kappa shape index (κ3) is 5.79. The third-order valence-corrected chi connectivity index (χ3v) is 5.77. The number of rotatable bonds is 6. The molecule has 1 aromatic heterocycles. The first-order valence-electron chi connectivity index (χ1n) is 10.3. The lowest BCUT2D eigenvalue weighted by atomic mass is 10.2. The number of benzene rings is 1. The molecule has 0 aliphatic carbocycles. The van der Waals surface area contributed by atoms with Gasteiger partial charge in [0.1, 0.15) is 0 Å². The van der Waals surface area contributed by atoms with Crippen LogP contribution in [0.1, 0.15) is 32.0 Å².